The molecule has 2 rings (SSSR count). The van der Waals surface area contributed by atoms with Crippen LogP contribution in [0.5, 0.6) is 0 Å². The fraction of sp³-hybridized carbons (Fsp3) is 0.667. The lowest BCUT2D eigenvalue weighted by atomic mass is 9.95. The van der Waals surface area contributed by atoms with Gasteiger partial charge < -0.3 is 20.5 Å². The van der Waals surface area contributed by atoms with Gasteiger partial charge in [-0.15, -0.1) is 0 Å². The number of aliphatic hydroxyl groups is 1. The molecule has 28 heavy (non-hydrogen) atoms. The highest BCUT2D eigenvalue weighted by Crippen LogP contribution is 2.18. The molecule has 1 aliphatic carbocycles. The highest BCUT2D eigenvalue weighted by atomic mass is 19.1. The number of rotatable bonds is 7. The van der Waals surface area contributed by atoms with Crippen LogP contribution in [0.25, 0.3) is 0 Å². The molecule has 0 aliphatic heterocycles. The van der Waals surface area contributed by atoms with E-state index in [1.807, 2.05) is 0 Å². The second-order valence-electron chi connectivity index (χ2n) is 8.55. The van der Waals surface area contributed by atoms with Crippen molar-refractivity contribution >= 4 is 6.09 Å². The summed E-state index contributed by atoms with van der Waals surface area (Å²) >= 11 is 0. The van der Waals surface area contributed by atoms with Gasteiger partial charge in [-0.25, -0.2) is 13.6 Å². The van der Waals surface area contributed by atoms with E-state index >= 15 is 0 Å². The highest BCUT2D eigenvalue weighted by molar-refractivity contribution is 5.68. The summed E-state index contributed by atoms with van der Waals surface area (Å²) in [5, 5.41) is 16.7. The van der Waals surface area contributed by atoms with Crippen molar-refractivity contribution in [1.29, 1.82) is 0 Å². The van der Waals surface area contributed by atoms with Crippen LogP contribution in [-0.4, -0.2) is 41.5 Å². The Kier molecular flexibility index (Phi) is 8.19. The molecule has 0 spiro atoms. The molecule has 1 amide bonds. The van der Waals surface area contributed by atoms with E-state index in [9.17, 15) is 18.7 Å². The number of hydrogen-bond acceptors (Lipinski definition) is 4. The third-order valence-electron chi connectivity index (χ3n) is 4.77. The number of benzene rings is 1. The van der Waals surface area contributed by atoms with E-state index in [1.54, 1.807) is 20.8 Å². The molecule has 1 fully saturated rings. The van der Waals surface area contributed by atoms with Crippen LogP contribution < -0.4 is 10.6 Å². The Hall–Kier alpha value is -1.73. The normalized spacial score (nSPS) is 17.8. The zero-order chi connectivity index (χ0) is 20.7. The van der Waals surface area contributed by atoms with Gasteiger partial charge in [0.05, 0.1) is 12.1 Å². The van der Waals surface area contributed by atoms with Gasteiger partial charge in [0.2, 0.25) is 0 Å². The Morgan fingerprint density at radius 3 is 2.36 bits per heavy atom. The number of nitrogens with one attached hydrogen (secondary N) is 2. The average molecular weight is 398 g/mol. The Morgan fingerprint density at radius 1 is 1.18 bits per heavy atom. The summed E-state index contributed by atoms with van der Waals surface area (Å²) in [6.45, 7) is 5.50. The van der Waals surface area contributed by atoms with Crippen molar-refractivity contribution in [1.82, 2.24) is 10.6 Å². The molecule has 2 atom stereocenters. The maximum atomic E-state index is 13.5. The van der Waals surface area contributed by atoms with Crippen LogP contribution in [0.1, 0.15) is 58.4 Å². The molecule has 0 bridgehead atoms. The van der Waals surface area contributed by atoms with Crippen LogP contribution in [0.3, 0.4) is 0 Å². The summed E-state index contributed by atoms with van der Waals surface area (Å²) in [5.74, 6) is -1.39. The van der Waals surface area contributed by atoms with Crippen LogP contribution in [0.2, 0.25) is 0 Å². The lowest BCUT2D eigenvalue weighted by molar-refractivity contribution is 0.0418. The molecule has 1 aromatic carbocycles. The smallest absolute Gasteiger partial charge is 0.407 e. The minimum absolute atomic E-state index is 0.0848. The fourth-order valence-corrected chi connectivity index (χ4v) is 3.46. The number of carbonyl (C=O) groups is 1. The zero-order valence-corrected chi connectivity index (χ0v) is 16.9. The van der Waals surface area contributed by atoms with E-state index in [2.05, 4.69) is 10.6 Å². The molecule has 1 aromatic rings. The number of ether oxygens (including phenoxy) is 1. The van der Waals surface area contributed by atoms with Gasteiger partial charge in [0.1, 0.15) is 17.2 Å². The molecule has 0 unspecified atom stereocenters. The van der Waals surface area contributed by atoms with Gasteiger partial charge in [-0.2, -0.15) is 0 Å². The van der Waals surface area contributed by atoms with E-state index in [0.717, 1.165) is 31.7 Å². The highest BCUT2D eigenvalue weighted by Gasteiger charge is 2.26. The molecule has 3 N–H and O–H groups in total. The van der Waals surface area contributed by atoms with Crippen LogP contribution in [-0.2, 0) is 11.2 Å². The Morgan fingerprint density at radius 2 is 1.79 bits per heavy atom. The third-order valence-corrected chi connectivity index (χ3v) is 4.77. The Bertz CT molecular complexity index is 623. The molecule has 0 radical (unpaired) electrons. The monoisotopic (exact) mass is 398 g/mol. The molecule has 7 heteroatoms. The maximum absolute atomic E-state index is 13.5. The molecular formula is C21H32F2N2O3. The van der Waals surface area contributed by atoms with Gasteiger partial charge in [-0.1, -0.05) is 19.3 Å². The average Bonchev–Trinajstić information content (AvgIpc) is 2.57. The summed E-state index contributed by atoms with van der Waals surface area (Å²) in [6.07, 6.45) is 4.16. The fourth-order valence-electron chi connectivity index (χ4n) is 3.46. The van der Waals surface area contributed by atoms with Crippen molar-refractivity contribution in [3.05, 3.63) is 35.4 Å². The van der Waals surface area contributed by atoms with Gasteiger partial charge in [0.15, 0.2) is 0 Å². The van der Waals surface area contributed by atoms with Crippen molar-refractivity contribution < 1.29 is 23.4 Å². The van der Waals surface area contributed by atoms with E-state index in [-0.39, 0.29) is 13.0 Å². The summed E-state index contributed by atoms with van der Waals surface area (Å²) in [4.78, 5) is 12.2. The van der Waals surface area contributed by atoms with Crippen molar-refractivity contribution in [3.63, 3.8) is 0 Å². The van der Waals surface area contributed by atoms with E-state index in [0.29, 0.717) is 11.6 Å². The van der Waals surface area contributed by atoms with E-state index in [4.69, 9.17) is 4.74 Å². The molecule has 158 valence electrons. The first-order chi connectivity index (χ1) is 13.1. The number of aliphatic hydroxyl groups excluding tert-OH is 1. The standard InChI is InChI=1S/C21H32F2N2O3/c1-21(2,3)28-20(27)25-18(11-14-9-15(22)12-16(23)10-14)19(26)13-24-17-7-5-4-6-8-17/h9-10,12,17-19,24,26H,4-8,11,13H2,1-3H3,(H,25,27)/t18-,19+/m0/s1. The molecule has 0 aromatic heterocycles. The predicted molar refractivity (Wildman–Crippen MR) is 104 cm³/mol. The number of hydrogen-bond donors (Lipinski definition) is 3. The first-order valence-corrected chi connectivity index (χ1v) is 9.98. The molecule has 5 nitrogen and oxygen atoms in total. The number of halogens is 2. The Balaban J connectivity index is 2.03. The van der Waals surface area contributed by atoms with Crippen molar-refractivity contribution in [3.8, 4) is 0 Å². The topological polar surface area (TPSA) is 70.6 Å². The van der Waals surface area contributed by atoms with E-state index in [1.165, 1.54) is 18.6 Å². The van der Waals surface area contributed by atoms with Gasteiger partial charge >= 0.3 is 6.09 Å². The largest absolute Gasteiger partial charge is 0.444 e. The predicted octanol–water partition coefficient (Wildman–Crippen LogP) is 3.68. The van der Waals surface area contributed by atoms with E-state index < -0.39 is 35.5 Å². The van der Waals surface area contributed by atoms with Crippen molar-refractivity contribution in [2.45, 2.75) is 83.1 Å². The van der Waals surface area contributed by atoms with Crippen LogP contribution in [0.4, 0.5) is 13.6 Å². The molecule has 1 saturated carbocycles. The second-order valence-corrected chi connectivity index (χ2v) is 8.55. The summed E-state index contributed by atoms with van der Waals surface area (Å²) in [6, 6.07) is 2.80. The lowest BCUT2D eigenvalue weighted by Gasteiger charge is -2.29. The minimum atomic E-state index is -0.930. The van der Waals surface area contributed by atoms with Gasteiger partial charge in [-0.05, 0) is 57.7 Å². The zero-order valence-electron chi connectivity index (χ0n) is 16.9. The number of amides is 1. The second kappa shape index (κ2) is 10.2. The van der Waals surface area contributed by atoms with Crippen molar-refractivity contribution in [2.24, 2.45) is 0 Å². The van der Waals surface area contributed by atoms with Gasteiger partial charge in [-0.3, -0.25) is 0 Å². The first kappa shape index (κ1) is 22.6. The SMILES string of the molecule is CC(C)(C)OC(=O)N[C@@H](Cc1cc(F)cc(F)c1)[C@H](O)CNC1CCCCC1. The summed E-state index contributed by atoms with van der Waals surface area (Å²) in [7, 11) is 0. The molecule has 0 saturated heterocycles. The van der Waals surface area contributed by atoms with Crippen LogP contribution in [0.15, 0.2) is 18.2 Å². The Labute approximate surface area is 165 Å². The maximum Gasteiger partial charge on any atom is 0.407 e. The van der Waals surface area contributed by atoms with Gasteiger partial charge in [0, 0.05) is 18.7 Å². The number of alkyl carbamates (subject to hydrolysis) is 1. The minimum Gasteiger partial charge on any atom is -0.444 e. The third kappa shape index (κ3) is 8.10. The lowest BCUT2D eigenvalue weighted by Crippen LogP contribution is -2.51. The van der Waals surface area contributed by atoms with Crippen molar-refractivity contribution in [2.75, 3.05) is 6.54 Å². The molecule has 0 heterocycles. The summed E-state index contributed by atoms with van der Waals surface area (Å²) in [5.41, 5.74) is -0.333. The summed E-state index contributed by atoms with van der Waals surface area (Å²) < 4.78 is 32.3. The quantitative estimate of drug-likeness (QED) is 0.655. The molecular weight excluding hydrogens is 366 g/mol. The number of carbonyl (C=O) groups excluding carboxylic acids is 1. The molecule has 1 aliphatic rings. The van der Waals surface area contributed by atoms with Crippen LogP contribution >= 0.6 is 0 Å². The van der Waals surface area contributed by atoms with Gasteiger partial charge in [0.25, 0.3) is 0 Å². The van der Waals surface area contributed by atoms with Crippen LogP contribution in [0, 0.1) is 11.6 Å². The first-order valence-electron chi connectivity index (χ1n) is 9.98.